The average Bonchev–Trinajstić information content (AvgIpc) is 2.38. The Balaban J connectivity index is 3.20. The zero-order chi connectivity index (χ0) is 13.5. The van der Waals surface area contributed by atoms with Crippen molar-refractivity contribution in [2.45, 2.75) is 32.6 Å². The topological polar surface area (TPSA) is 50.1 Å². The number of benzene rings is 1. The van der Waals surface area contributed by atoms with E-state index in [1.807, 2.05) is 13.0 Å². The number of hydrogen-bond acceptors (Lipinski definition) is 3. The molecule has 0 N–H and O–H groups in total. The highest BCUT2D eigenvalue weighted by Gasteiger charge is 2.15. The quantitative estimate of drug-likeness (QED) is 0.607. The highest BCUT2D eigenvalue weighted by atomic mass is 35.5. The molecule has 18 heavy (non-hydrogen) atoms. The van der Waals surface area contributed by atoms with Crippen LogP contribution in [0, 0.1) is 11.3 Å². The molecule has 0 aliphatic heterocycles. The molecule has 0 unspecified atom stereocenters. The van der Waals surface area contributed by atoms with Crippen LogP contribution in [0.1, 0.15) is 36.1 Å². The lowest BCUT2D eigenvalue weighted by atomic mass is 9.94. The molecule has 0 saturated carbocycles. The molecule has 0 heterocycles. The van der Waals surface area contributed by atoms with Gasteiger partial charge in [0.05, 0.1) is 24.7 Å². The van der Waals surface area contributed by atoms with Gasteiger partial charge in [0.1, 0.15) is 0 Å². The molecule has 1 rings (SSSR count). The van der Waals surface area contributed by atoms with E-state index in [4.69, 9.17) is 21.6 Å². The number of nitrogens with zero attached hydrogens (tertiary/aromatic N) is 1. The Morgan fingerprint density at radius 3 is 2.61 bits per heavy atom. The first-order valence-electron chi connectivity index (χ1n) is 5.93. The second-order valence-corrected chi connectivity index (χ2v) is 4.08. The van der Waals surface area contributed by atoms with Gasteiger partial charge in [-0.1, -0.05) is 13.0 Å². The summed E-state index contributed by atoms with van der Waals surface area (Å²) in [5.74, 6) is -0.0263. The summed E-state index contributed by atoms with van der Waals surface area (Å²) in [5.41, 5.74) is 3.15. The minimum Gasteiger partial charge on any atom is -0.466 e. The first-order chi connectivity index (χ1) is 8.67. The van der Waals surface area contributed by atoms with Crippen LogP contribution in [0.3, 0.4) is 0 Å². The van der Waals surface area contributed by atoms with E-state index >= 15 is 0 Å². The second-order valence-electron chi connectivity index (χ2n) is 3.81. The lowest BCUT2D eigenvalue weighted by Gasteiger charge is -2.13. The van der Waals surface area contributed by atoms with Gasteiger partial charge in [0.25, 0.3) is 0 Å². The van der Waals surface area contributed by atoms with E-state index in [9.17, 15) is 4.79 Å². The van der Waals surface area contributed by atoms with Gasteiger partial charge >= 0.3 is 5.97 Å². The second kappa shape index (κ2) is 7.03. The van der Waals surface area contributed by atoms with E-state index in [1.165, 1.54) is 0 Å². The first-order valence-corrected chi connectivity index (χ1v) is 6.46. The standard InChI is InChI=1S/C14H16ClNO2/c1-3-10-5-6-11(9-16)12(13(10)8-15)7-14(17)18-4-2/h5-6H,3-4,7-8H2,1-2H3. The fraction of sp³-hybridized carbons (Fsp3) is 0.429. The molecule has 0 spiro atoms. The predicted molar refractivity (Wildman–Crippen MR) is 70.4 cm³/mol. The summed E-state index contributed by atoms with van der Waals surface area (Å²) in [6, 6.07) is 5.74. The Bertz CT molecular complexity index is 477. The SMILES string of the molecule is CCOC(=O)Cc1c(C#N)ccc(CC)c1CCl. The zero-order valence-electron chi connectivity index (χ0n) is 10.6. The molecule has 0 amide bonds. The summed E-state index contributed by atoms with van der Waals surface area (Å²) in [6.07, 6.45) is 0.927. The normalized spacial score (nSPS) is 9.89. The third-order valence-electron chi connectivity index (χ3n) is 2.79. The number of nitriles is 1. The van der Waals surface area contributed by atoms with Crippen LogP contribution in [-0.2, 0) is 28.3 Å². The highest BCUT2D eigenvalue weighted by Crippen LogP contribution is 2.22. The molecule has 0 aliphatic rings. The fourth-order valence-corrected chi connectivity index (χ4v) is 2.24. The molecule has 1 aromatic carbocycles. The number of esters is 1. The van der Waals surface area contributed by atoms with Gasteiger partial charge in [-0.05, 0) is 36.1 Å². The molecule has 0 fully saturated rings. The van der Waals surface area contributed by atoms with E-state index in [1.54, 1.807) is 13.0 Å². The molecule has 1 aromatic rings. The van der Waals surface area contributed by atoms with Crippen LogP contribution in [0.2, 0.25) is 0 Å². The van der Waals surface area contributed by atoms with Crippen molar-refractivity contribution >= 4 is 17.6 Å². The number of rotatable bonds is 5. The van der Waals surface area contributed by atoms with Crippen molar-refractivity contribution in [3.8, 4) is 6.07 Å². The molecule has 0 atom stereocenters. The van der Waals surface area contributed by atoms with Crippen molar-refractivity contribution < 1.29 is 9.53 Å². The third kappa shape index (κ3) is 3.24. The molecular weight excluding hydrogens is 250 g/mol. The highest BCUT2D eigenvalue weighted by molar-refractivity contribution is 6.17. The van der Waals surface area contributed by atoms with Crippen molar-refractivity contribution in [1.29, 1.82) is 5.26 Å². The number of hydrogen-bond donors (Lipinski definition) is 0. The monoisotopic (exact) mass is 265 g/mol. The number of aryl methyl sites for hydroxylation is 1. The minimum absolute atomic E-state index is 0.104. The number of halogens is 1. The Morgan fingerprint density at radius 2 is 2.11 bits per heavy atom. The average molecular weight is 266 g/mol. The number of ether oxygens (including phenoxy) is 1. The van der Waals surface area contributed by atoms with Crippen LogP contribution in [0.15, 0.2) is 12.1 Å². The predicted octanol–water partition coefficient (Wildman–Crippen LogP) is 2.97. The van der Waals surface area contributed by atoms with Gasteiger partial charge < -0.3 is 4.74 Å². The van der Waals surface area contributed by atoms with Crippen molar-refractivity contribution in [2.75, 3.05) is 6.61 Å². The Labute approximate surface area is 112 Å². The van der Waals surface area contributed by atoms with Gasteiger partial charge in [0.2, 0.25) is 0 Å². The lowest BCUT2D eigenvalue weighted by molar-refractivity contribution is -0.142. The van der Waals surface area contributed by atoms with E-state index < -0.39 is 0 Å². The first kappa shape index (κ1) is 14.5. The molecule has 0 saturated heterocycles. The molecule has 0 aromatic heterocycles. The molecule has 0 radical (unpaired) electrons. The maximum absolute atomic E-state index is 11.6. The van der Waals surface area contributed by atoms with E-state index in [-0.39, 0.29) is 12.4 Å². The molecule has 3 nitrogen and oxygen atoms in total. The number of carbonyl (C=O) groups is 1. The van der Waals surface area contributed by atoms with Gasteiger partial charge in [0, 0.05) is 5.88 Å². The van der Waals surface area contributed by atoms with Crippen LogP contribution in [-0.4, -0.2) is 12.6 Å². The van der Waals surface area contributed by atoms with E-state index in [2.05, 4.69) is 6.07 Å². The Kier molecular flexibility index (Phi) is 5.67. The van der Waals surface area contributed by atoms with Crippen LogP contribution in [0.4, 0.5) is 0 Å². The van der Waals surface area contributed by atoms with Crippen molar-refractivity contribution in [1.82, 2.24) is 0 Å². The van der Waals surface area contributed by atoms with Crippen LogP contribution in [0.5, 0.6) is 0 Å². The van der Waals surface area contributed by atoms with Crippen molar-refractivity contribution in [3.05, 3.63) is 34.4 Å². The number of carbonyl (C=O) groups excluding carboxylic acids is 1. The summed E-state index contributed by atoms with van der Waals surface area (Å²) in [6.45, 7) is 4.12. The molecule has 0 bridgehead atoms. The van der Waals surface area contributed by atoms with Crippen molar-refractivity contribution in [2.24, 2.45) is 0 Å². The van der Waals surface area contributed by atoms with Gasteiger partial charge in [-0.25, -0.2) is 0 Å². The van der Waals surface area contributed by atoms with Gasteiger partial charge in [-0.15, -0.1) is 11.6 Å². The fourth-order valence-electron chi connectivity index (χ4n) is 1.90. The molecular formula is C14H16ClNO2. The van der Waals surface area contributed by atoms with Crippen molar-refractivity contribution in [3.63, 3.8) is 0 Å². The van der Waals surface area contributed by atoms with Gasteiger partial charge in [0.15, 0.2) is 0 Å². The Morgan fingerprint density at radius 1 is 1.39 bits per heavy atom. The molecule has 4 heteroatoms. The largest absolute Gasteiger partial charge is 0.466 e. The lowest BCUT2D eigenvalue weighted by Crippen LogP contribution is -2.11. The van der Waals surface area contributed by atoms with Crippen LogP contribution < -0.4 is 0 Å². The van der Waals surface area contributed by atoms with Crippen LogP contribution in [0.25, 0.3) is 0 Å². The van der Waals surface area contributed by atoms with Crippen LogP contribution >= 0.6 is 11.6 Å². The van der Waals surface area contributed by atoms with Gasteiger partial charge in [-0.3, -0.25) is 4.79 Å². The smallest absolute Gasteiger partial charge is 0.310 e. The molecule has 96 valence electrons. The number of alkyl halides is 1. The third-order valence-corrected chi connectivity index (χ3v) is 3.06. The van der Waals surface area contributed by atoms with Gasteiger partial charge in [-0.2, -0.15) is 5.26 Å². The van der Waals surface area contributed by atoms with E-state index in [0.717, 1.165) is 17.5 Å². The summed E-state index contributed by atoms with van der Waals surface area (Å²) < 4.78 is 4.93. The summed E-state index contributed by atoms with van der Waals surface area (Å²) in [4.78, 5) is 11.6. The van der Waals surface area contributed by atoms with E-state index in [0.29, 0.717) is 23.6 Å². The zero-order valence-corrected chi connectivity index (χ0v) is 11.4. The summed E-state index contributed by atoms with van der Waals surface area (Å²) in [5, 5.41) is 9.10. The molecule has 0 aliphatic carbocycles. The minimum atomic E-state index is -0.325. The maximum Gasteiger partial charge on any atom is 0.310 e. The maximum atomic E-state index is 11.6. The summed E-state index contributed by atoms with van der Waals surface area (Å²) >= 11 is 5.94. The Hall–Kier alpha value is -1.53. The summed E-state index contributed by atoms with van der Waals surface area (Å²) in [7, 11) is 0.